The van der Waals surface area contributed by atoms with Crippen LogP contribution < -0.4 is 15.0 Å². The van der Waals surface area contributed by atoms with Gasteiger partial charge in [-0.1, -0.05) is 27.2 Å². The van der Waals surface area contributed by atoms with Crippen LogP contribution in [0.15, 0.2) is 47.5 Å². The maximum Gasteiger partial charge on any atom is 0.144 e. The van der Waals surface area contributed by atoms with Gasteiger partial charge in [0.2, 0.25) is 0 Å². The molecule has 0 spiro atoms. The van der Waals surface area contributed by atoms with Crippen LogP contribution in [0.5, 0.6) is 5.75 Å². The highest BCUT2D eigenvalue weighted by molar-refractivity contribution is 7.99. The fourth-order valence-electron chi connectivity index (χ4n) is 4.03. The molecule has 0 bridgehead atoms. The number of thioether (sulfide) groups is 1. The average Bonchev–Trinajstić information content (AvgIpc) is 3.39. The lowest BCUT2D eigenvalue weighted by molar-refractivity contribution is 0.167. The number of aromatic nitrogens is 1. The number of hydrogen-bond acceptors (Lipinski definition) is 6. The molecule has 0 radical (unpaired) electrons. The van der Waals surface area contributed by atoms with Gasteiger partial charge in [-0.2, -0.15) is 0 Å². The molecule has 0 aliphatic carbocycles. The molecule has 6 heteroatoms. The molecule has 5 nitrogen and oxygen atoms in total. The van der Waals surface area contributed by atoms with Crippen LogP contribution in [0.3, 0.4) is 0 Å². The number of hydrogen-bond donors (Lipinski definition) is 1. The SMILES string of the molecule is CC.CCCCSc1ccc(Nc2ccnc3cc(OCC4CCOC4)c(N(C)C)cc23)cc1C. The molecular weight excluding hydrogens is 454 g/mol. The summed E-state index contributed by atoms with van der Waals surface area (Å²) in [4.78, 5) is 8.09. The number of nitrogens with zero attached hydrogens (tertiary/aromatic N) is 2. The number of pyridine rings is 1. The molecule has 3 aromatic rings. The van der Waals surface area contributed by atoms with Gasteiger partial charge in [0, 0.05) is 60.5 Å². The van der Waals surface area contributed by atoms with E-state index in [0.29, 0.717) is 12.5 Å². The van der Waals surface area contributed by atoms with E-state index in [1.54, 1.807) is 0 Å². The molecule has 2 aromatic carbocycles. The smallest absolute Gasteiger partial charge is 0.144 e. The molecule has 1 aliphatic heterocycles. The Hall–Kier alpha value is -2.44. The van der Waals surface area contributed by atoms with Crippen molar-refractivity contribution in [3.63, 3.8) is 0 Å². The summed E-state index contributed by atoms with van der Waals surface area (Å²) in [6, 6.07) is 12.9. The lowest BCUT2D eigenvalue weighted by Crippen LogP contribution is -2.15. The zero-order valence-electron chi connectivity index (χ0n) is 22.2. The van der Waals surface area contributed by atoms with Gasteiger partial charge in [-0.05, 0) is 61.4 Å². The summed E-state index contributed by atoms with van der Waals surface area (Å²) in [5.74, 6) is 2.50. The van der Waals surface area contributed by atoms with Crippen LogP contribution in [0.4, 0.5) is 17.1 Å². The number of nitrogens with one attached hydrogen (secondary N) is 1. The van der Waals surface area contributed by atoms with Gasteiger partial charge in [-0.15, -0.1) is 11.8 Å². The zero-order chi connectivity index (χ0) is 25.2. The molecule has 1 N–H and O–H groups in total. The van der Waals surface area contributed by atoms with Crippen molar-refractivity contribution in [3.05, 3.63) is 48.2 Å². The minimum atomic E-state index is 0.461. The number of aryl methyl sites for hydroxylation is 1. The second-order valence-corrected chi connectivity index (χ2v) is 10.1. The molecule has 35 heavy (non-hydrogen) atoms. The van der Waals surface area contributed by atoms with Crippen LogP contribution in [0.25, 0.3) is 10.9 Å². The first-order chi connectivity index (χ1) is 17.0. The molecule has 0 amide bonds. The van der Waals surface area contributed by atoms with Gasteiger partial charge < -0.3 is 19.7 Å². The van der Waals surface area contributed by atoms with E-state index in [9.17, 15) is 0 Å². The summed E-state index contributed by atoms with van der Waals surface area (Å²) < 4.78 is 11.7. The molecule has 0 saturated carbocycles. The molecule has 2 heterocycles. The molecule has 1 unspecified atom stereocenters. The third-order valence-corrected chi connectivity index (χ3v) is 7.27. The van der Waals surface area contributed by atoms with Gasteiger partial charge in [0.05, 0.1) is 24.4 Å². The fourth-order valence-corrected chi connectivity index (χ4v) is 5.13. The standard InChI is InChI=1S/C27H35N3O2S.C2H6/c1-5-6-13-33-27-8-7-21(14-19(27)2)29-23-9-11-28-24-16-26(25(30(3)4)15-22(23)24)32-18-20-10-12-31-17-20;1-2/h7-9,11,14-16,20H,5-6,10,12-13,17-18H2,1-4H3,(H,28,29);1-2H3. The van der Waals surface area contributed by atoms with Crippen molar-refractivity contribution in [3.8, 4) is 5.75 Å². The first-order valence-corrected chi connectivity index (χ1v) is 13.8. The number of unbranched alkanes of at least 4 members (excludes halogenated alkanes) is 1. The van der Waals surface area contributed by atoms with Crippen LogP contribution in [0.2, 0.25) is 0 Å². The Bertz CT molecular complexity index is 1080. The summed E-state index contributed by atoms with van der Waals surface area (Å²) >= 11 is 1.94. The Morgan fingerprint density at radius 1 is 1.17 bits per heavy atom. The average molecular weight is 496 g/mol. The number of benzene rings is 2. The second kappa shape index (κ2) is 13.6. The Kier molecular flexibility index (Phi) is 10.5. The molecule has 4 rings (SSSR count). The molecular formula is C29H41N3O2S. The lowest BCUT2D eigenvalue weighted by atomic mass is 10.1. The monoisotopic (exact) mass is 495 g/mol. The van der Waals surface area contributed by atoms with Crippen LogP contribution in [0, 0.1) is 12.8 Å². The summed E-state index contributed by atoms with van der Waals surface area (Å²) in [5.41, 5.74) is 5.42. The maximum atomic E-state index is 6.23. The molecule has 1 atom stereocenters. The predicted molar refractivity (Wildman–Crippen MR) is 152 cm³/mol. The first-order valence-electron chi connectivity index (χ1n) is 12.9. The number of ether oxygens (including phenoxy) is 2. The van der Waals surface area contributed by atoms with E-state index in [-0.39, 0.29) is 0 Å². The van der Waals surface area contributed by atoms with E-state index < -0.39 is 0 Å². The summed E-state index contributed by atoms with van der Waals surface area (Å²) in [6.07, 6.45) is 5.40. The van der Waals surface area contributed by atoms with Crippen molar-refractivity contribution in [2.75, 3.05) is 49.9 Å². The molecule has 190 valence electrons. The van der Waals surface area contributed by atoms with E-state index in [0.717, 1.165) is 53.3 Å². The highest BCUT2D eigenvalue weighted by Gasteiger charge is 2.18. The van der Waals surface area contributed by atoms with Gasteiger partial charge in [-0.25, -0.2) is 0 Å². The van der Waals surface area contributed by atoms with E-state index in [1.807, 2.05) is 37.9 Å². The first kappa shape index (κ1) is 27.2. The molecule has 1 fully saturated rings. The maximum absolute atomic E-state index is 6.23. The lowest BCUT2D eigenvalue weighted by Gasteiger charge is -2.21. The molecule has 1 saturated heterocycles. The minimum absolute atomic E-state index is 0.461. The van der Waals surface area contributed by atoms with Crippen molar-refractivity contribution >= 4 is 39.7 Å². The fraction of sp³-hybridized carbons (Fsp3) is 0.483. The van der Waals surface area contributed by atoms with Crippen LogP contribution in [-0.2, 0) is 4.74 Å². The largest absolute Gasteiger partial charge is 0.491 e. The highest BCUT2D eigenvalue weighted by Crippen LogP contribution is 2.36. The van der Waals surface area contributed by atoms with Gasteiger partial charge >= 0.3 is 0 Å². The summed E-state index contributed by atoms with van der Waals surface area (Å²) in [5, 5.41) is 4.70. The number of fused-ring (bicyclic) bond motifs is 1. The Labute approximate surface area is 215 Å². The Morgan fingerprint density at radius 2 is 2.00 bits per heavy atom. The van der Waals surface area contributed by atoms with Crippen LogP contribution in [0.1, 0.15) is 45.6 Å². The second-order valence-electron chi connectivity index (χ2n) is 8.94. The Balaban J connectivity index is 0.00000167. The number of anilines is 3. The zero-order valence-corrected chi connectivity index (χ0v) is 23.0. The van der Waals surface area contributed by atoms with Gasteiger partial charge in [-0.3, -0.25) is 4.98 Å². The Morgan fingerprint density at radius 3 is 2.69 bits per heavy atom. The molecule has 1 aromatic heterocycles. The third kappa shape index (κ3) is 7.28. The van der Waals surface area contributed by atoms with Gasteiger partial charge in [0.25, 0.3) is 0 Å². The van der Waals surface area contributed by atoms with E-state index in [1.165, 1.54) is 29.1 Å². The van der Waals surface area contributed by atoms with Crippen molar-refractivity contribution in [2.45, 2.75) is 51.9 Å². The quantitative estimate of drug-likeness (QED) is 0.230. The van der Waals surface area contributed by atoms with Crippen molar-refractivity contribution < 1.29 is 9.47 Å². The van der Waals surface area contributed by atoms with E-state index >= 15 is 0 Å². The topological polar surface area (TPSA) is 46.6 Å². The van der Waals surface area contributed by atoms with Gasteiger partial charge in [0.15, 0.2) is 0 Å². The van der Waals surface area contributed by atoms with E-state index in [4.69, 9.17) is 9.47 Å². The van der Waals surface area contributed by atoms with Crippen LogP contribution in [-0.4, -0.2) is 44.7 Å². The third-order valence-electron chi connectivity index (χ3n) is 6.01. The van der Waals surface area contributed by atoms with Crippen molar-refractivity contribution in [1.82, 2.24) is 4.98 Å². The summed E-state index contributed by atoms with van der Waals surface area (Å²) in [6.45, 7) is 10.7. The van der Waals surface area contributed by atoms with Crippen molar-refractivity contribution in [1.29, 1.82) is 0 Å². The molecule has 1 aliphatic rings. The normalized spacial score (nSPS) is 15.0. The number of rotatable bonds is 10. The minimum Gasteiger partial charge on any atom is -0.491 e. The van der Waals surface area contributed by atoms with Crippen molar-refractivity contribution in [2.24, 2.45) is 5.92 Å². The van der Waals surface area contributed by atoms with Gasteiger partial charge in [0.1, 0.15) is 5.75 Å². The van der Waals surface area contributed by atoms with Crippen LogP contribution >= 0.6 is 11.8 Å². The highest BCUT2D eigenvalue weighted by atomic mass is 32.2. The predicted octanol–water partition coefficient (Wildman–Crippen LogP) is 7.69. The van der Waals surface area contributed by atoms with E-state index in [2.05, 4.69) is 73.5 Å². The summed E-state index contributed by atoms with van der Waals surface area (Å²) in [7, 11) is 4.10.